The van der Waals surface area contributed by atoms with Gasteiger partial charge in [0.1, 0.15) is 5.78 Å². The highest BCUT2D eigenvalue weighted by Crippen LogP contribution is 2.32. The highest BCUT2D eigenvalue weighted by Gasteiger charge is 2.26. The maximum Gasteiger partial charge on any atom is 0.139 e. The molecule has 110 valence electrons. The molecule has 1 aromatic heterocycles. The fourth-order valence-corrected chi connectivity index (χ4v) is 2.32. The molecule has 0 saturated carbocycles. The van der Waals surface area contributed by atoms with Crippen LogP contribution in [0.4, 0.5) is 0 Å². The molecule has 0 fully saturated rings. The summed E-state index contributed by atoms with van der Waals surface area (Å²) in [6.07, 6.45) is 4.04. The van der Waals surface area contributed by atoms with Crippen molar-refractivity contribution in [1.82, 2.24) is 4.98 Å². The smallest absolute Gasteiger partial charge is 0.139 e. The Morgan fingerprint density at radius 2 is 1.81 bits per heavy atom. The Balaban J connectivity index is 2.36. The van der Waals surface area contributed by atoms with Gasteiger partial charge >= 0.3 is 0 Å². The molecular weight excluding hydrogens is 282 g/mol. The number of hydrogen-bond donors (Lipinski definition) is 0. The van der Waals surface area contributed by atoms with Crippen molar-refractivity contribution in [3.05, 3.63) is 64.9 Å². The third-order valence-corrected chi connectivity index (χ3v) is 3.84. The normalized spacial score (nSPS) is 13.0. The van der Waals surface area contributed by atoms with Crippen molar-refractivity contribution in [2.75, 3.05) is 0 Å². The van der Waals surface area contributed by atoms with Gasteiger partial charge in [0.15, 0.2) is 0 Å². The molecule has 0 amide bonds. The number of carbonyl (C=O) groups is 1. The van der Waals surface area contributed by atoms with Crippen LogP contribution in [-0.2, 0) is 4.79 Å². The molecule has 1 atom stereocenters. The Hall–Kier alpha value is -1.67. The van der Waals surface area contributed by atoms with Crippen molar-refractivity contribution >= 4 is 17.4 Å². The lowest BCUT2D eigenvalue weighted by Gasteiger charge is -2.22. The quantitative estimate of drug-likeness (QED) is 0.806. The molecule has 0 aliphatic heterocycles. The number of benzene rings is 1. The summed E-state index contributed by atoms with van der Waals surface area (Å²) in [5, 5.41) is 0.700. The Kier molecular flexibility index (Phi) is 4.79. The largest absolute Gasteiger partial charge is 0.299 e. The number of hydrogen-bond acceptors (Lipinski definition) is 2. The molecule has 0 saturated heterocycles. The van der Waals surface area contributed by atoms with E-state index in [-0.39, 0.29) is 17.1 Å². The molecule has 0 bridgehead atoms. The van der Waals surface area contributed by atoms with Crippen LogP contribution in [0.1, 0.15) is 44.2 Å². The van der Waals surface area contributed by atoms with Gasteiger partial charge in [-0.15, -0.1) is 0 Å². The molecule has 0 aliphatic carbocycles. The first-order valence-corrected chi connectivity index (χ1v) is 7.44. The second-order valence-electron chi connectivity index (χ2n) is 6.27. The summed E-state index contributed by atoms with van der Waals surface area (Å²) >= 11 is 5.96. The number of Topliss-reactive ketones (excluding diaryl/α,β-unsaturated/α-hetero) is 1. The van der Waals surface area contributed by atoms with Crippen LogP contribution in [0, 0.1) is 5.41 Å². The van der Waals surface area contributed by atoms with E-state index < -0.39 is 0 Å². The number of aromatic nitrogens is 1. The topological polar surface area (TPSA) is 30.0 Å². The van der Waals surface area contributed by atoms with Gasteiger partial charge in [-0.1, -0.05) is 50.6 Å². The Morgan fingerprint density at radius 3 is 2.33 bits per heavy atom. The molecule has 3 heteroatoms. The maximum absolute atomic E-state index is 12.4. The first-order chi connectivity index (χ1) is 9.88. The molecule has 1 heterocycles. The number of pyridine rings is 1. The molecule has 2 nitrogen and oxygen atoms in total. The van der Waals surface area contributed by atoms with Crippen molar-refractivity contribution in [1.29, 1.82) is 0 Å². The molecule has 2 aromatic rings. The van der Waals surface area contributed by atoms with Crippen LogP contribution in [0.5, 0.6) is 0 Å². The van der Waals surface area contributed by atoms with Gasteiger partial charge < -0.3 is 0 Å². The van der Waals surface area contributed by atoms with E-state index in [9.17, 15) is 4.79 Å². The molecule has 1 aromatic carbocycles. The first-order valence-electron chi connectivity index (χ1n) is 7.06. The van der Waals surface area contributed by atoms with Crippen molar-refractivity contribution < 1.29 is 4.79 Å². The lowest BCUT2D eigenvalue weighted by Crippen LogP contribution is -2.22. The van der Waals surface area contributed by atoms with E-state index in [1.54, 1.807) is 6.20 Å². The fourth-order valence-electron chi connectivity index (χ4n) is 2.20. The molecule has 2 rings (SSSR count). The molecule has 0 N–H and O–H groups in total. The van der Waals surface area contributed by atoms with Gasteiger partial charge in [-0.3, -0.25) is 9.78 Å². The van der Waals surface area contributed by atoms with Gasteiger partial charge in [-0.05, 0) is 29.3 Å². The second-order valence-corrected chi connectivity index (χ2v) is 6.70. The molecule has 21 heavy (non-hydrogen) atoms. The van der Waals surface area contributed by atoms with Crippen molar-refractivity contribution in [3.63, 3.8) is 0 Å². The first kappa shape index (κ1) is 15.7. The predicted octanol–water partition coefficient (Wildman–Crippen LogP) is 4.87. The van der Waals surface area contributed by atoms with Crippen LogP contribution in [0.15, 0.2) is 48.8 Å². The maximum atomic E-state index is 12.4. The standard InChI is InChI=1S/C18H20ClNO/c1-18(2,3)17(21)11-16(14-5-4-10-20-12-14)13-6-8-15(19)9-7-13/h4-10,12,16H,11H2,1-3H3. The number of nitrogens with zero attached hydrogens (tertiary/aromatic N) is 1. The zero-order valence-electron chi connectivity index (χ0n) is 12.6. The number of ketones is 1. The average molecular weight is 302 g/mol. The van der Waals surface area contributed by atoms with E-state index in [0.717, 1.165) is 11.1 Å². The highest BCUT2D eigenvalue weighted by molar-refractivity contribution is 6.30. The lowest BCUT2D eigenvalue weighted by molar-refractivity contribution is -0.126. The van der Waals surface area contributed by atoms with Crippen LogP contribution in [-0.4, -0.2) is 10.8 Å². The minimum atomic E-state index is -0.340. The number of halogens is 1. The summed E-state index contributed by atoms with van der Waals surface area (Å²) in [4.78, 5) is 16.6. The van der Waals surface area contributed by atoms with Gasteiger partial charge in [-0.25, -0.2) is 0 Å². The monoisotopic (exact) mass is 301 g/mol. The van der Waals surface area contributed by atoms with E-state index in [2.05, 4.69) is 4.98 Å². The SMILES string of the molecule is CC(C)(C)C(=O)CC(c1ccc(Cl)cc1)c1cccnc1. The highest BCUT2D eigenvalue weighted by atomic mass is 35.5. The third kappa shape index (κ3) is 4.15. The Morgan fingerprint density at radius 1 is 1.14 bits per heavy atom. The van der Waals surface area contributed by atoms with Crippen LogP contribution < -0.4 is 0 Å². The summed E-state index contributed by atoms with van der Waals surface area (Å²) in [6, 6.07) is 11.6. The van der Waals surface area contributed by atoms with Crippen molar-refractivity contribution in [3.8, 4) is 0 Å². The molecule has 0 aliphatic rings. The Labute approximate surface area is 131 Å². The minimum absolute atomic E-state index is 0.0164. The minimum Gasteiger partial charge on any atom is -0.299 e. The zero-order chi connectivity index (χ0) is 15.5. The van der Waals surface area contributed by atoms with Gasteiger partial charge in [0, 0.05) is 35.2 Å². The van der Waals surface area contributed by atoms with Crippen molar-refractivity contribution in [2.45, 2.75) is 33.1 Å². The predicted molar refractivity (Wildman–Crippen MR) is 86.6 cm³/mol. The van der Waals surface area contributed by atoms with Crippen LogP contribution in [0.3, 0.4) is 0 Å². The lowest BCUT2D eigenvalue weighted by atomic mass is 9.80. The summed E-state index contributed by atoms with van der Waals surface area (Å²) in [6.45, 7) is 5.87. The van der Waals surface area contributed by atoms with Gasteiger partial charge in [0.05, 0.1) is 0 Å². The van der Waals surface area contributed by atoms with Gasteiger partial charge in [-0.2, -0.15) is 0 Å². The van der Waals surface area contributed by atoms with E-state index in [4.69, 9.17) is 11.6 Å². The van der Waals surface area contributed by atoms with Gasteiger partial charge in [0.2, 0.25) is 0 Å². The molecule has 0 radical (unpaired) electrons. The van der Waals surface area contributed by atoms with E-state index in [1.807, 2.05) is 63.4 Å². The summed E-state index contributed by atoms with van der Waals surface area (Å²) < 4.78 is 0. The zero-order valence-corrected chi connectivity index (χ0v) is 13.4. The average Bonchev–Trinajstić information content (AvgIpc) is 2.45. The number of rotatable bonds is 4. The molecular formula is C18H20ClNO. The number of carbonyl (C=O) groups excluding carboxylic acids is 1. The van der Waals surface area contributed by atoms with Crippen LogP contribution in [0.2, 0.25) is 5.02 Å². The third-order valence-electron chi connectivity index (χ3n) is 3.59. The van der Waals surface area contributed by atoms with E-state index >= 15 is 0 Å². The summed E-state index contributed by atoms with van der Waals surface area (Å²) in [7, 11) is 0. The van der Waals surface area contributed by atoms with E-state index in [0.29, 0.717) is 11.4 Å². The summed E-state index contributed by atoms with van der Waals surface area (Å²) in [5.74, 6) is 0.258. The molecule has 0 spiro atoms. The Bertz CT molecular complexity index is 599. The fraction of sp³-hybridized carbons (Fsp3) is 0.333. The molecule has 1 unspecified atom stereocenters. The van der Waals surface area contributed by atoms with E-state index in [1.165, 1.54) is 0 Å². The van der Waals surface area contributed by atoms with Crippen LogP contribution >= 0.6 is 11.6 Å². The summed E-state index contributed by atoms with van der Waals surface area (Å²) in [5.41, 5.74) is 1.80. The van der Waals surface area contributed by atoms with Crippen LogP contribution in [0.25, 0.3) is 0 Å². The second kappa shape index (κ2) is 6.40. The van der Waals surface area contributed by atoms with Gasteiger partial charge in [0.25, 0.3) is 0 Å². The van der Waals surface area contributed by atoms with Crippen molar-refractivity contribution in [2.24, 2.45) is 5.41 Å².